The summed E-state index contributed by atoms with van der Waals surface area (Å²) in [6.45, 7) is 5.65. The third-order valence-electron chi connectivity index (χ3n) is 12.7. The fourth-order valence-corrected chi connectivity index (χ4v) is 9.53. The summed E-state index contributed by atoms with van der Waals surface area (Å²) in [5.74, 6) is 1.63. The number of nitrogens with one attached hydrogen (secondary N) is 4. The lowest BCUT2D eigenvalue weighted by atomic mass is 9.92. The molecule has 16 heteroatoms. The molecule has 16 nitrogen and oxygen atoms in total. The minimum Gasteiger partial charge on any atom is -0.488 e. The third kappa shape index (κ3) is 7.97. The summed E-state index contributed by atoms with van der Waals surface area (Å²) < 4.78 is 21.6. The van der Waals surface area contributed by atoms with E-state index in [9.17, 15) is 19.2 Å². The van der Waals surface area contributed by atoms with Gasteiger partial charge in [-0.3, -0.25) is 9.59 Å². The molecule has 5 heterocycles. The zero-order chi connectivity index (χ0) is 44.6. The van der Waals surface area contributed by atoms with E-state index in [4.69, 9.17) is 28.9 Å². The van der Waals surface area contributed by atoms with E-state index >= 15 is 0 Å². The van der Waals surface area contributed by atoms with Crippen LogP contribution in [0.15, 0.2) is 79.0 Å². The van der Waals surface area contributed by atoms with Crippen LogP contribution in [-0.2, 0) is 30.4 Å². The van der Waals surface area contributed by atoms with Gasteiger partial charge in [-0.25, -0.2) is 19.6 Å². The first-order valence-corrected chi connectivity index (χ1v) is 21.7. The summed E-state index contributed by atoms with van der Waals surface area (Å²) in [4.78, 5) is 73.1. The van der Waals surface area contributed by atoms with Crippen molar-refractivity contribution in [1.29, 1.82) is 0 Å². The van der Waals surface area contributed by atoms with Crippen LogP contribution in [0, 0.1) is 11.8 Å². The molecule has 6 aromatic rings. The molecule has 0 saturated carbocycles. The Labute approximate surface area is 370 Å². The average Bonchev–Trinajstić information content (AvgIpc) is 4.15. The molecule has 0 aliphatic carbocycles. The zero-order valence-corrected chi connectivity index (χ0v) is 36.5. The number of aromatic nitrogens is 4. The van der Waals surface area contributed by atoms with Crippen molar-refractivity contribution in [1.82, 2.24) is 40.4 Å². The number of hydrogen-bond donors (Lipinski definition) is 4. The van der Waals surface area contributed by atoms with Crippen LogP contribution >= 0.6 is 0 Å². The van der Waals surface area contributed by atoms with Crippen LogP contribution in [0.4, 0.5) is 9.59 Å². The summed E-state index contributed by atoms with van der Waals surface area (Å²) >= 11 is 0. The first kappa shape index (κ1) is 42.4. The van der Waals surface area contributed by atoms with Gasteiger partial charge in [0.05, 0.1) is 55.8 Å². The lowest BCUT2D eigenvalue weighted by molar-refractivity contribution is -0.136. The van der Waals surface area contributed by atoms with Crippen molar-refractivity contribution < 1.29 is 38.1 Å². The quantitative estimate of drug-likeness (QED) is 0.102. The van der Waals surface area contributed by atoms with Crippen molar-refractivity contribution in [2.45, 2.75) is 63.9 Å². The highest BCUT2D eigenvalue weighted by Crippen LogP contribution is 2.43. The first-order valence-electron chi connectivity index (χ1n) is 21.7. The van der Waals surface area contributed by atoms with Crippen molar-refractivity contribution in [3.05, 3.63) is 102 Å². The van der Waals surface area contributed by atoms with Crippen LogP contribution in [0.2, 0.25) is 0 Å². The molecule has 5 atom stereocenters. The second-order valence-corrected chi connectivity index (χ2v) is 17.1. The van der Waals surface area contributed by atoms with E-state index in [0.29, 0.717) is 49.9 Å². The molecule has 2 fully saturated rings. The van der Waals surface area contributed by atoms with Crippen LogP contribution in [0.1, 0.15) is 74.0 Å². The van der Waals surface area contributed by atoms with Crippen molar-refractivity contribution in [3.8, 4) is 28.1 Å². The molecule has 64 heavy (non-hydrogen) atoms. The predicted octanol–water partition coefficient (Wildman–Crippen LogP) is 7.34. The summed E-state index contributed by atoms with van der Waals surface area (Å²) in [5.41, 5.74) is 7.11. The molecule has 9 rings (SSSR count). The zero-order valence-electron chi connectivity index (χ0n) is 36.5. The fraction of sp³-hybridized carbons (Fsp3) is 0.375. The van der Waals surface area contributed by atoms with Gasteiger partial charge in [0.25, 0.3) is 5.91 Å². The number of carbonyl (C=O) groups excluding carboxylic acids is 4. The van der Waals surface area contributed by atoms with Gasteiger partial charge in [0, 0.05) is 42.6 Å². The minimum absolute atomic E-state index is 0.0999. The monoisotopic (exact) mass is 868 g/mol. The molecule has 0 unspecified atom stereocenters. The number of alkyl carbamates (subject to hydrolysis) is 2. The largest absolute Gasteiger partial charge is 0.488 e. The van der Waals surface area contributed by atoms with Crippen molar-refractivity contribution in [2.24, 2.45) is 11.8 Å². The fourth-order valence-electron chi connectivity index (χ4n) is 9.53. The molecule has 4 amide bonds. The Morgan fingerprint density at radius 2 is 1.66 bits per heavy atom. The van der Waals surface area contributed by atoms with Crippen molar-refractivity contribution in [2.75, 3.05) is 41.0 Å². The molecule has 0 bridgehead atoms. The number of methoxy groups -OCH3 is 3. The Kier molecular flexibility index (Phi) is 11.7. The first-order chi connectivity index (χ1) is 31.0. The van der Waals surface area contributed by atoms with Gasteiger partial charge in [-0.15, -0.1) is 0 Å². The Hall–Kier alpha value is -6.94. The van der Waals surface area contributed by atoms with E-state index in [2.05, 4.69) is 44.9 Å². The topological polar surface area (TPSA) is 193 Å². The maximum absolute atomic E-state index is 14.1. The molecular weight excluding hydrogens is 817 g/mol. The van der Waals surface area contributed by atoms with Gasteiger partial charge >= 0.3 is 12.2 Å². The lowest BCUT2D eigenvalue weighted by Gasteiger charge is -2.30. The normalized spacial score (nSPS) is 18.9. The highest BCUT2D eigenvalue weighted by atomic mass is 16.5. The van der Waals surface area contributed by atoms with Crippen LogP contribution in [0.25, 0.3) is 44.2 Å². The van der Waals surface area contributed by atoms with Gasteiger partial charge in [-0.05, 0) is 77.6 Å². The number of benzene rings is 4. The Bertz CT molecular complexity index is 2730. The second-order valence-electron chi connectivity index (χ2n) is 17.1. The lowest BCUT2D eigenvalue weighted by Crippen LogP contribution is -2.51. The number of aromatic amines is 2. The Morgan fingerprint density at radius 3 is 2.42 bits per heavy atom. The Morgan fingerprint density at radius 1 is 0.859 bits per heavy atom. The van der Waals surface area contributed by atoms with E-state index in [-0.39, 0.29) is 35.7 Å². The van der Waals surface area contributed by atoms with Crippen molar-refractivity contribution in [3.63, 3.8) is 0 Å². The Balaban J connectivity index is 0.966. The molecule has 2 saturated heterocycles. The van der Waals surface area contributed by atoms with E-state index < -0.39 is 24.3 Å². The van der Waals surface area contributed by atoms with Crippen LogP contribution in [-0.4, -0.2) is 101 Å². The highest BCUT2D eigenvalue weighted by molar-refractivity contribution is 6.06. The second kappa shape index (κ2) is 17.7. The smallest absolute Gasteiger partial charge is 0.407 e. The number of ether oxygens (including phenoxy) is 4. The van der Waals surface area contributed by atoms with E-state index in [0.717, 1.165) is 68.3 Å². The SMILES string of the molecule is COC[C@H]1C[C@@H](c2ncc(-c3ccc4c(c3)OCc3cc5c(ccc6nc([C@@H]7CCCN7C(=O)[C@H](NC(=O)OC)c7ccccc7)[nH]c65)cc3-4)[nH]2)N(C(=O)[C@@H](NC(=O)OC)C(C)C)C1. The van der Waals surface area contributed by atoms with E-state index in [1.54, 1.807) is 23.1 Å². The molecule has 2 aromatic heterocycles. The van der Waals surface area contributed by atoms with Gasteiger partial charge in [-0.1, -0.05) is 56.3 Å². The minimum atomic E-state index is -0.904. The molecular formula is C48H52N8O8. The van der Waals surface area contributed by atoms with Gasteiger partial charge in [0.2, 0.25) is 5.91 Å². The highest BCUT2D eigenvalue weighted by Gasteiger charge is 2.42. The van der Waals surface area contributed by atoms with Crippen LogP contribution < -0.4 is 15.4 Å². The number of amides is 4. The maximum Gasteiger partial charge on any atom is 0.407 e. The van der Waals surface area contributed by atoms with Crippen molar-refractivity contribution >= 4 is 45.8 Å². The number of hydrogen-bond acceptors (Lipinski definition) is 10. The summed E-state index contributed by atoms with van der Waals surface area (Å²) in [7, 11) is 4.22. The number of rotatable bonds is 11. The number of nitrogens with zero attached hydrogens (tertiary/aromatic N) is 4. The summed E-state index contributed by atoms with van der Waals surface area (Å²) in [6.07, 6.45) is 2.64. The van der Waals surface area contributed by atoms with Gasteiger partial charge < -0.3 is 49.3 Å². The van der Waals surface area contributed by atoms with Crippen LogP contribution in [0.3, 0.4) is 0 Å². The molecule has 4 N–H and O–H groups in total. The number of carbonyl (C=O) groups is 4. The third-order valence-corrected chi connectivity index (χ3v) is 12.7. The summed E-state index contributed by atoms with van der Waals surface area (Å²) in [5, 5.41) is 7.49. The molecule has 0 spiro atoms. The number of fused-ring (bicyclic) bond motifs is 6. The summed E-state index contributed by atoms with van der Waals surface area (Å²) in [6, 6.07) is 21.4. The van der Waals surface area contributed by atoms with Crippen LogP contribution in [0.5, 0.6) is 5.75 Å². The standard InChI is InChI=1S/C48H52N8O8/c1-26(2)40(53-47(59)62-4)45(57)56-23-27(24-61-3)18-38(56)43-49-22-36(51-43)30-13-15-32-33-19-29-14-16-35-42(34(29)20-31(33)25-64-39(32)21-30)52-44(50-35)37-12-9-17-55(37)46(58)41(54-48(60)63-5)28-10-7-6-8-11-28/h6-8,10-11,13-16,19-22,26-27,37-38,40-41H,9,12,17-18,23-25H2,1-5H3,(H,49,51)(H,50,52)(H,53,59)(H,54,60)/t27-,37-,38-,40-,41+/m0/s1. The molecule has 332 valence electrons. The van der Waals surface area contributed by atoms with E-state index in [1.165, 1.54) is 14.2 Å². The number of imidazole rings is 2. The maximum atomic E-state index is 14.1. The molecule has 3 aliphatic rings. The number of likely N-dealkylation sites (tertiary alicyclic amines) is 2. The molecule has 4 aromatic carbocycles. The average molecular weight is 869 g/mol. The number of H-pyrrole nitrogens is 2. The van der Waals surface area contributed by atoms with Gasteiger partial charge in [-0.2, -0.15) is 0 Å². The molecule has 3 aliphatic heterocycles. The molecule has 0 radical (unpaired) electrons. The van der Waals surface area contributed by atoms with Gasteiger partial charge in [0.1, 0.15) is 36.1 Å². The van der Waals surface area contributed by atoms with E-state index in [1.807, 2.05) is 62.4 Å². The predicted molar refractivity (Wildman–Crippen MR) is 238 cm³/mol. The van der Waals surface area contributed by atoms with Gasteiger partial charge in [0.15, 0.2) is 0 Å².